The fourth-order valence-corrected chi connectivity index (χ4v) is 3.29. The van der Waals surface area contributed by atoms with Crippen molar-refractivity contribution in [3.63, 3.8) is 0 Å². The Labute approximate surface area is 115 Å². The van der Waals surface area contributed by atoms with Gasteiger partial charge in [0, 0.05) is 18.8 Å². The first kappa shape index (κ1) is 12.5. The Bertz CT molecular complexity index is 452. The van der Waals surface area contributed by atoms with E-state index in [1.165, 1.54) is 31.2 Å². The molecule has 0 saturated heterocycles. The zero-order chi connectivity index (χ0) is 13.1. The number of rotatable bonds is 2. The zero-order valence-corrected chi connectivity index (χ0v) is 11.4. The van der Waals surface area contributed by atoms with Crippen molar-refractivity contribution < 1.29 is 4.79 Å². The maximum absolute atomic E-state index is 12.3. The third kappa shape index (κ3) is 2.75. The van der Waals surface area contributed by atoms with Gasteiger partial charge in [0.25, 0.3) is 0 Å². The van der Waals surface area contributed by atoms with Crippen LogP contribution in [0.2, 0.25) is 0 Å². The largest absolute Gasteiger partial charge is 0.337 e. The maximum Gasteiger partial charge on any atom is 0.321 e. The summed E-state index contributed by atoms with van der Waals surface area (Å²) in [5, 5.41) is 3.12. The van der Waals surface area contributed by atoms with Gasteiger partial charge in [0.2, 0.25) is 0 Å². The lowest BCUT2D eigenvalue weighted by atomic mass is 10.0. The Kier molecular flexibility index (Phi) is 3.72. The van der Waals surface area contributed by atoms with Crippen molar-refractivity contribution in [3.8, 4) is 0 Å². The van der Waals surface area contributed by atoms with Gasteiger partial charge >= 0.3 is 6.03 Å². The number of hydrogen-bond donors (Lipinski definition) is 1. The number of nitrogens with zero attached hydrogens (tertiary/aromatic N) is 1. The van der Waals surface area contributed by atoms with E-state index < -0.39 is 0 Å². The number of benzene rings is 1. The highest BCUT2D eigenvalue weighted by molar-refractivity contribution is 5.93. The van der Waals surface area contributed by atoms with E-state index in [9.17, 15) is 4.79 Å². The van der Waals surface area contributed by atoms with Gasteiger partial charge in [-0.3, -0.25) is 4.90 Å². The van der Waals surface area contributed by atoms with Gasteiger partial charge in [0.15, 0.2) is 0 Å². The summed E-state index contributed by atoms with van der Waals surface area (Å²) in [7, 11) is 0. The number of carbonyl (C=O) groups is 1. The summed E-state index contributed by atoms with van der Waals surface area (Å²) in [6, 6.07) is 8.34. The minimum atomic E-state index is 0.0825. The second-order valence-electron chi connectivity index (χ2n) is 5.72. The van der Waals surface area contributed by atoms with Crippen LogP contribution in [0.25, 0.3) is 0 Å². The molecule has 19 heavy (non-hydrogen) atoms. The van der Waals surface area contributed by atoms with E-state index in [1.807, 2.05) is 11.0 Å². The smallest absolute Gasteiger partial charge is 0.321 e. The molecule has 1 saturated carbocycles. The van der Waals surface area contributed by atoms with E-state index in [0.29, 0.717) is 5.92 Å². The van der Waals surface area contributed by atoms with Crippen molar-refractivity contribution in [2.45, 2.75) is 38.5 Å². The van der Waals surface area contributed by atoms with Crippen molar-refractivity contribution in [2.75, 3.05) is 18.0 Å². The minimum Gasteiger partial charge on any atom is -0.337 e. The molecule has 0 radical (unpaired) electrons. The van der Waals surface area contributed by atoms with Crippen molar-refractivity contribution >= 4 is 11.7 Å². The van der Waals surface area contributed by atoms with Crippen molar-refractivity contribution in [1.82, 2.24) is 5.32 Å². The van der Waals surface area contributed by atoms with Crippen LogP contribution in [0, 0.1) is 5.92 Å². The summed E-state index contributed by atoms with van der Waals surface area (Å²) in [5.41, 5.74) is 2.39. The molecule has 1 heterocycles. The molecule has 0 atom stereocenters. The van der Waals surface area contributed by atoms with Crippen LogP contribution in [0.4, 0.5) is 10.5 Å². The van der Waals surface area contributed by atoms with Gasteiger partial charge < -0.3 is 5.32 Å². The quantitative estimate of drug-likeness (QED) is 0.867. The van der Waals surface area contributed by atoms with E-state index in [2.05, 4.69) is 23.5 Å². The van der Waals surface area contributed by atoms with Gasteiger partial charge in [-0.1, -0.05) is 31.0 Å². The molecule has 1 fully saturated rings. The number of aryl methyl sites for hydroxylation is 1. The number of carbonyl (C=O) groups excluding carboxylic acids is 1. The summed E-state index contributed by atoms with van der Waals surface area (Å²) >= 11 is 0. The highest BCUT2D eigenvalue weighted by Crippen LogP contribution is 2.27. The molecular weight excluding hydrogens is 236 g/mol. The van der Waals surface area contributed by atoms with E-state index >= 15 is 0 Å². The van der Waals surface area contributed by atoms with Gasteiger partial charge in [0.05, 0.1) is 0 Å². The summed E-state index contributed by atoms with van der Waals surface area (Å²) in [6.45, 7) is 1.69. The van der Waals surface area contributed by atoms with Crippen LogP contribution in [0.15, 0.2) is 24.3 Å². The van der Waals surface area contributed by atoms with Gasteiger partial charge in [-0.05, 0) is 43.2 Å². The van der Waals surface area contributed by atoms with Crippen molar-refractivity contribution in [1.29, 1.82) is 0 Å². The fourth-order valence-electron chi connectivity index (χ4n) is 3.29. The van der Waals surface area contributed by atoms with Crippen molar-refractivity contribution in [2.24, 2.45) is 5.92 Å². The predicted molar refractivity (Wildman–Crippen MR) is 77.5 cm³/mol. The van der Waals surface area contributed by atoms with E-state index in [-0.39, 0.29) is 6.03 Å². The standard InChI is InChI=1S/C16H22N2O/c19-16(17-12-13-6-1-2-7-13)18-11-5-9-14-8-3-4-10-15(14)18/h3-4,8,10,13H,1-2,5-7,9,11-12H2,(H,17,19). The number of hydrogen-bond acceptors (Lipinski definition) is 1. The van der Waals surface area contributed by atoms with E-state index in [4.69, 9.17) is 0 Å². The van der Waals surface area contributed by atoms with Gasteiger partial charge in [-0.2, -0.15) is 0 Å². The molecule has 3 nitrogen and oxygen atoms in total. The Morgan fingerprint density at radius 3 is 2.84 bits per heavy atom. The van der Waals surface area contributed by atoms with Crippen LogP contribution in [0.1, 0.15) is 37.7 Å². The molecule has 1 aromatic rings. The third-order valence-corrected chi connectivity index (χ3v) is 4.37. The molecule has 2 amide bonds. The van der Waals surface area contributed by atoms with Crippen molar-refractivity contribution in [3.05, 3.63) is 29.8 Å². The summed E-state index contributed by atoms with van der Waals surface area (Å²) < 4.78 is 0. The zero-order valence-electron chi connectivity index (χ0n) is 11.4. The number of nitrogens with one attached hydrogen (secondary N) is 1. The van der Waals surface area contributed by atoms with Gasteiger partial charge in [-0.25, -0.2) is 4.79 Å². The Morgan fingerprint density at radius 2 is 2.00 bits per heavy atom. The molecule has 0 bridgehead atoms. The van der Waals surface area contributed by atoms with Crippen LogP contribution in [0.3, 0.4) is 0 Å². The van der Waals surface area contributed by atoms with E-state index in [0.717, 1.165) is 31.6 Å². The van der Waals surface area contributed by atoms with Crippen LogP contribution < -0.4 is 10.2 Å². The summed E-state index contributed by atoms with van der Waals surface area (Å²) in [6.07, 6.45) is 7.35. The number of fused-ring (bicyclic) bond motifs is 1. The first-order valence-corrected chi connectivity index (χ1v) is 7.48. The second-order valence-corrected chi connectivity index (χ2v) is 5.72. The molecule has 1 N–H and O–H groups in total. The molecule has 3 rings (SSSR count). The lowest BCUT2D eigenvalue weighted by Crippen LogP contribution is -2.44. The van der Waals surface area contributed by atoms with Gasteiger partial charge in [-0.15, -0.1) is 0 Å². The molecule has 102 valence electrons. The Hall–Kier alpha value is -1.51. The highest BCUT2D eigenvalue weighted by atomic mass is 16.2. The third-order valence-electron chi connectivity index (χ3n) is 4.37. The average Bonchev–Trinajstić information content (AvgIpc) is 2.97. The molecule has 3 heteroatoms. The summed E-state index contributed by atoms with van der Waals surface area (Å²) in [4.78, 5) is 14.2. The highest BCUT2D eigenvalue weighted by Gasteiger charge is 2.23. The summed E-state index contributed by atoms with van der Waals surface area (Å²) in [5.74, 6) is 0.698. The molecule has 2 aliphatic rings. The lowest BCUT2D eigenvalue weighted by molar-refractivity contribution is 0.244. The van der Waals surface area contributed by atoms with Crippen LogP contribution in [-0.2, 0) is 6.42 Å². The van der Waals surface area contributed by atoms with Crippen LogP contribution in [0.5, 0.6) is 0 Å². The molecule has 0 aromatic heterocycles. The predicted octanol–water partition coefficient (Wildman–Crippen LogP) is 3.34. The molecule has 0 spiro atoms. The minimum absolute atomic E-state index is 0.0825. The molecule has 1 aromatic carbocycles. The number of anilines is 1. The molecule has 1 aliphatic carbocycles. The SMILES string of the molecule is O=C(NCC1CCCC1)N1CCCc2ccccc21. The van der Waals surface area contributed by atoms with E-state index in [1.54, 1.807) is 0 Å². The second kappa shape index (κ2) is 5.64. The van der Waals surface area contributed by atoms with Gasteiger partial charge in [0.1, 0.15) is 0 Å². The van der Waals surface area contributed by atoms with Crippen LogP contribution >= 0.6 is 0 Å². The number of urea groups is 1. The average molecular weight is 258 g/mol. The Morgan fingerprint density at radius 1 is 1.21 bits per heavy atom. The van der Waals surface area contributed by atoms with Crippen LogP contribution in [-0.4, -0.2) is 19.1 Å². The lowest BCUT2D eigenvalue weighted by Gasteiger charge is -2.29. The maximum atomic E-state index is 12.3. The number of amides is 2. The topological polar surface area (TPSA) is 32.3 Å². The Balaban J connectivity index is 1.64. The molecule has 0 unspecified atom stereocenters. The first-order chi connectivity index (χ1) is 9.34. The monoisotopic (exact) mass is 258 g/mol. The molecule has 1 aliphatic heterocycles. The number of para-hydroxylation sites is 1. The normalized spacial score (nSPS) is 19.3. The first-order valence-electron chi connectivity index (χ1n) is 7.48. The molecular formula is C16H22N2O. The fraction of sp³-hybridized carbons (Fsp3) is 0.562.